The van der Waals surface area contributed by atoms with E-state index >= 15 is 0 Å². The third kappa shape index (κ3) is 11.1. The number of benzene rings is 5. The second-order valence-corrected chi connectivity index (χ2v) is 19.0. The highest BCUT2D eigenvalue weighted by molar-refractivity contribution is 7.99. The number of nitrogens with one attached hydrogen (secondary N) is 3. The lowest BCUT2D eigenvalue weighted by molar-refractivity contribution is -0.0435. The SMILES string of the molecule is Cc1c(C(=O)NCCN(C)C)c(-c2cccc(C#Cc3ccc(NS(=O)c4ccc(NCCSc5ccccc5)c(S(=O)(=O)C(F)(F)F)c4)cc3)c2)c(-c2ccc(Cl)cc2)n1C. The van der Waals surface area contributed by atoms with Crippen LogP contribution in [0.1, 0.15) is 27.2 Å². The van der Waals surface area contributed by atoms with Crippen LogP contribution < -0.4 is 15.4 Å². The highest BCUT2D eigenvalue weighted by Crippen LogP contribution is 2.40. The summed E-state index contributed by atoms with van der Waals surface area (Å²) in [5.74, 6) is 6.59. The fourth-order valence-corrected chi connectivity index (χ4v) is 9.29. The minimum atomic E-state index is -5.78. The first kappa shape index (κ1) is 46.0. The number of thioether (sulfide) groups is 1. The Kier molecular flexibility index (Phi) is 14.9. The molecule has 5 aromatic carbocycles. The lowest BCUT2D eigenvalue weighted by Crippen LogP contribution is -2.31. The number of amides is 1. The average molecular weight is 919 g/mol. The normalized spacial score (nSPS) is 12.1. The summed E-state index contributed by atoms with van der Waals surface area (Å²) in [6.45, 7) is 3.24. The van der Waals surface area contributed by atoms with Gasteiger partial charge in [0.15, 0.2) is 0 Å². The van der Waals surface area contributed by atoms with Crippen molar-refractivity contribution >= 4 is 61.5 Å². The Morgan fingerprint density at radius 2 is 1.55 bits per heavy atom. The first-order valence-corrected chi connectivity index (χ1v) is 23.2. The molecule has 0 saturated carbocycles. The fourth-order valence-electron chi connectivity index (χ4n) is 6.46. The maximum absolute atomic E-state index is 13.8. The molecule has 0 saturated heterocycles. The number of rotatable bonds is 15. The maximum atomic E-state index is 13.8. The van der Waals surface area contributed by atoms with Gasteiger partial charge in [-0.25, -0.2) is 12.6 Å². The number of nitrogens with zero attached hydrogens (tertiary/aromatic N) is 2. The van der Waals surface area contributed by atoms with E-state index in [9.17, 15) is 30.6 Å². The highest BCUT2D eigenvalue weighted by atomic mass is 35.5. The molecular weight excluding hydrogens is 875 g/mol. The number of aromatic nitrogens is 1. The quantitative estimate of drug-likeness (QED) is 0.0535. The summed E-state index contributed by atoms with van der Waals surface area (Å²) < 4.78 is 84.6. The largest absolute Gasteiger partial charge is 0.501 e. The first-order valence-electron chi connectivity index (χ1n) is 19.2. The van der Waals surface area contributed by atoms with E-state index in [4.69, 9.17) is 11.6 Å². The number of hydrogen-bond donors (Lipinski definition) is 3. The van der Waals surface area contributed by atoms with Crippen LogP contribution in [0.4, 0.5) is 24.5 Å². The average Bonchev–Trinajstić information content (AvgIpc) is 3.51. The standard InChI is InChI=1S/C46H43ClF3N5O4S3/c1-31-42(45(56)52-25-27-54(2)3)43(44(55(31)4)34-17-19-36(47)20-18-34)35-10-8-9-33(29-35)14-13-32-15-21-37(22-16-32)53-61(57)39-23-24-40(41(30-39)62(58,59)46(48,49)50)51-26-28-60-38-11-6-5-7-12-38/h5-12,15-24,29-30,51,53H,25-28H2,1-4H3,(H,52,56). The molecule has 0 radical (unpaired) electrons. The van der Waals surface area contributed by atoms with Crippen LogP contribution in [0.5, 0.6) is 0 Å². The van der Waals surface area contributed by atoms with Crippen LogP contribution in [-0.4, -0.2) is 73.0 Å². The number of sulfone groups is 1. The van der Waals surface area contributed by atoms with E-state index in [2.05, 4.69) is 27.2 Å². The molecule has 1 aromatic heterocycles. The van der Waals surface area contributed by atoms with Crippen LogP contribution in [0.2, 0.25) is 5.02 Å². The third-order valence-electron chi connectivity index (χ3n) is 9.67. The van der Waals surface area contributed by atoms with Crippen molar-refractivity contribution in [3.63, 3.8) is 0 Å². The van der Waals surface area contributed by atoms with Crippen molar-refractivity contribution in [2.24, 2.45) is 7.05 Å². The van der Waals surface area contributed by atoms with Crippen molar-refractivity contribution < 1.29 is 30.6 Å². The summed E-state index contributed by atoms with van der Waals surface area (Å²) in [6.07, 6.45) is 0. The van der Waals surface area contributed by atoms with Gasteiger partial charge < -0.3 is 24.8 Å². The number of alkyl halides is 3. The van der Waals surface area contributed by atoms with Crippen molar-refractivity contribution in [3.8, 4) is 34.2 Å². The number of halogens is 4. The Hall–Kier alpha value is -5.50. The molecule has 322 valence electrons. The van der Waals surface area contributed by atoms with Crippen LogP contribution in [0.25, 0.3) is 22.4 Å². The molecule has 1 amide bonds. The molecule has 0 bridgehead atoms. The van der Waals surface area contributed by atoms with Crippen molar-refractivity contribution in [1.82, 2.24) is 14.8 Å². The molecule has 0 aliphatic heterocycles. The summed E-state index contributed by atoms with van der Waals surface area (Å²) in [6, 6.07) is 34.3. The second-order valence-electron chi connectivity index (χ2n) is 14.3. The Balaban J connectivity index is 1.21. The van der Waals surface area contributed by atoms with Gasteiger partial charge in [0, 0.05) is 70.4 Å². The van der Waals surface area contributed by atoms with E-state index < -0.39 is 31.2 Å². The molecule has 1 atom stereocenters. The summed E-state index contributed by atoms with van der Waals surface area (Å²) in [7, 11) is -2.09. The van der Waals surface area contributed by atoms with Crippen LogP contribution in [0, 0.1) is 18.8 Å². The van der Waals surface area contributed by atoms with Gasteiger partial charge in [0.05, 0.1) is 21.8 Å². The van der Waals surface area contributed by atoms with Gasteiger partial charge >= 0.3 is 5.51 Å². The molecule has 0 aliphatic rings. The van der Waals surface area contributed by atoms with Gasteiger partial charge in [0.2, 0.25) is 0 Å². The smallest absolute Gasteiger partial charge is 0.383 e. The number of hydrogen-bond acceptors (Lipinski definition) is 7. The van der Waals surface area contributed by atoms with Crippen molar-refractivity contribution in [2.75, 3.05) is 49.5 Å². The molecule has 1 unspecified atom stereocenters. The number of carbonyl (C=O) groups is 1. The molecule has 0 fully saturated rings. The Morgan fingerprint density at radius 1 is 0.855 bits per heavy atom. The topological polar surface area (TPSA) is 113 Å². The molecule has 16 heteroatoms. The molecule has 6 rings (SSSR count). The van der Waals surface area contributed by atoms with E-state index in [1.165, 1.54) is 23.9 Å². The molecule has 3 N–H and O–H groups in total. The minimum Gasteiger partial charge on any atom is -0.383 e. The zero-order chi connectivity index (χ0) is 44.6. The van der Waals surface area contributed by atoms with Crippen molar-refractivity contribution in [1.29, 1.82) is 0 Å². The summed E-state index contributed by atoms with van der Waals surface area (Å²) in [5, 5.41) is 6.45. The fraction of sp³-hybridized carbons (Fsp3) is 0.196. The van der Waals surface area contributed by atoms with Crippen molar-refractivity contribution in [2.45, 2.75) is 27.1 Å². The lowest BCUT2D eigenvalue weighted by Gasteiger charge is -2.16. The maximum Gasteiger partial charge on any atom is 0.501 e. The van der Waals surface area contributed by atoms with Crippen LogP contribution in [-0.2, 0) is 27.9 Å². The molecule has 0 aliphatic carbocycles. The Morgan fingerprint density at radius 3 is 2.23 bits per heavy atom. The van der Waals surface area contributed by atoms with Gasteiger partial charge in [-0.05, 0) is 111 Å². The molecule has 6 aromatic rings. The van der Waals surface area contributed by atoms with E-state index in [-0.39, 0.29) is 23.0 Å². The zero-order valence-corrected chi connectivity index (χ0v) is 37.3. The van der Waals surface area contributed by atoms with Gasteiger partial charge in [-0.15, -0.1) is 11.8 Å². The van der Waals surface area contributed by atoms with Crippen LogP contribution in [0.15, 0.2) is 136 Å². The van der Waals surface area contributed by atoms with Crippen LogP contribution in [0.3, 0.4) is 0 Å². The molecule has 9 nitrogen and oxygen atoms in total. The third-order valence-corrected chi connectivity index (χ3v) is 13.6. The van der Waals surface area contributed by atoms with E-state index in [0.717, 1.165) is 39.0 Å². The summed E-state index contributed by atoms with van der Waals surface area (Å²) >= 11 is 7.69. The zero-order valence-electron chi connectivity index (χ0n) is 34.1. The predicted octanol–water partition coefficient (Wildman–Crippen LogP) is 9.64. The Bertz CT molecular complexity index is 2750. The van der Waals surface area contributed by atoms with Gasteiger partial charge in [0.25, 0.3) is 15.7 Å². The van der Waals surface area contributed by atoms with Gasteiger partial charge in [-0.3, -0.25) is 4.79 Å². The second kappa shape index (κ2) is 20.1. The van der Waals surface area contributed by atoms with Gasteiger partial charge in [0.1, 0.15) is 15.9 Å². The lowest BCUT2D eigenvalue weighted by atomic mass is 9.95. The number of carbonyl (C=O) groups excluding carboxylic acids is 1. The molecular formula is C46H43ClF3N5O4S3. The molecule has 0 spiro atoms. The number of likely N-dealkylation sites (N-methyl/N-ethyl adjacent to an activating group) is 1. The van der Waals surface area contributed by atoms with E-state index in [1.54, 1.807) is 24.3 Å². The molecule has 1 heterocycles. The summed E-state index contributed by atoms with van der Waals surface area (Å²) in [5.41, 5.74) is 0.492. The van der Waals surface area contributed by atoms with Gasteiger partial charge in [-0.1, -0.05) is 65.9 Å². The first-order chi connectivity index (χ1) is 29.5. The Labute approximate surface area is 371 Å². The van der Waals surface area contributed by atoms with E-state index in [1.807, 2.05) is 116 Å². The van der Waals surface area contributed by atoms with E-state index in [0.29, 0.717) is 46.2 Å². The minimum absolute atomic E-state index is 0.164. The van der Waals surface area contributed by atoms with Gasteiger partial charge in [-0.2, -0.15) is 13.2 Å². The highest BCUT2D eigenvalue weighted by Gasteiger charge is 2.48. The molecule has 62 heavy (non-hydrogen) atoms. The number of anilines is 2. The van der Waals surface area contributed by atoms with Crippen molar-refractivity contribution in [3.05, 3.63) is 149 Å². The predicted molar refractivity (Wildman–Crippen MR) is 245 cm³/mol. The summed E-state index contributed by atoms with van der Waals surface area (Å²) in [4.78, 5) is 15.5. The monoisotopic (exact) mass is 917 g/mol. The van der Waals surface area contributed by atoms with Crippen LogP contribution >= 0.6 is 23.4 Å².